The summed E-state index contributed by atoms with van der Waals surface area (Å²) in [4.78, 5) is 39.2. The van der Waals surface area contributed by atoms with Gasteiger partial charge in [-0.25, -0.2) is 0 Å². The minimum atomic E-state index is -0.560. The number of Topliss-reactive ketones (excluding diaryl/α,β-unsaturated/α-hetero) is 1. The number of anilines is 1. The van der Waals surface area contributed by atoms with Crippen molar-refractivity contribution in [1.29, 1.82) is 0 Å². The van der Waals surface area contributed by atoms with Crippen LogP contribution in [-0.2, 0) is 9.59 Å². The Kier molecular flexibility index (Phi) is 5.40. The van der Waals surface area contributed by atoms with Crippen LogP contribution in [-0.4, -0.2) is 16.6 Å². The normalized spacial score (nSPS) is 20.6. The van der Waals surface area contributed by atoms with E-state index in [0.29, 0.717) is 29.1 Å². The predicted octanol–water partition coefficient (Wildman–Crippen LogP) is 6.07. The Hall–Kier alpha value is -2.70. The highest BCUT2D eigenvalue weighted by Crippen LogP contribution is 2.49. The second-order valence-electron chi connectivity index (χ2n) is 8.73. The zero-order valence-electron chi connectivity index (χ0n) is 17.0. The average molecular weight is 459 g/mol. The Bertz CT molecular complexity index is 1140. The molecule has 0 saturated carbocycles. The molecule has 0 aromatic heterocycles. The summed E-state index contributed by atoms with van der Waals surface area (Å²) in [7, 11) is 0. The molecule has 0 radical (unpaired) electrons. The van der Waals surface area contributed by atoms with Crippen LogP contribution < -0.4 is 4.90 Å². The van der Waals surface area contributed by atoms with Crippen molar-refractivity contribution in [3.05, 3.63) is 79.5 Å². The maximum absolute atomic E-state index is 13.4. The monoisotopic (exact) mass is 458 g/mol. The van der Waals surface area contributed by atoms with E-state index in [1.54, 1.807) is 12.1 Å². The number of allylic oxidation sites excluding steroid dienone is 2. The van der Waals surface area contributed by atoms with Crippen LogP contribution in [0.1, 0.15) is 44.6 Å². The van der Waals surface area contributed by atoms with Crippen molar-refractivity contribution in [3.8, 4) is 0 Å². The Morgan fingerprint density at radius 1 is 1.03 bits per heavy atom. The summed E-state index contributed by atoms with van der Waals surface area (Å²) in [5.41, 5.74) is 1.38. The molecule has 31 heavy (non-hydrogen) atoms. The van der Waals surface area contributed by atoms with Gasteiger partial charge in [0.25, 0.3) is 5.69 Å². The number of hydrogen-bond acceptors (Lipinski definition) is 4. The summed E-state index contributed by atoms with van der Waals surface area (Å²) >= 11 is 12.0. The van der Waals surface area contributed by atoms with Crippen LogP contribution in [0.3, 0.4) is 0 Å². The van der Waals surface area contributed by atoms with Crippen molar-refractivity contribution >= 4 is 46.3 Å². The summed E-state index contributed by atoms with van der Waals surface area (Å²) in [6, 6.07) is 11.3. The summed E-state index contributed by atoms with van der Waals surface area (Å²) < 4.78 is 0. The first-order chi connectivity index (χ1) is 14.6. The number of hydrogen-bond donors (Lipinski definition) is 0. The highest BCUT2D eigenvalue weighted by atomic mass is 35.5. The third-order valence-electron chi connectivity index (χ3n) is 5.79. The van der Waals surface area contributed by atoms with Gasteiger partial charge in [-0.3, -0.25) is 24.6 Å². The van der Waals surface area contributed by atoms with Crippen molar-refractivity contribution in [3.63, 3.8) is 0 Å². The van der Waals surface area contributed by atoms with E-state index in [0.717, 1.165) is 5.56 Å². The SMILES string of the molecule is CC1(C)CC(=O)C2=C(C1)N(c1ccc(Cl)cc1[N+](=O)[O-])C(=O)CC2c1ccc(Cl)cc1. The molecule has 1 aliphatic heterocycles. The molecule has 1 heterocycles. The Morgan fingerprint density at radius 2 is 1.68 bits per heavy atom. The number of carbonyl (C=O) groups excluding carboxylic acids is 2. The molecule has 2 aliphatic rings. The molecule has 2 aromatic carbocycles. The minimum absolute atomic E-state index is 0.0341. The minimum Gasteiger partial charge on any atom is -0.294 e. The second kappa shape index (κ2) is 7.77. The van der Waals surface area contributed by atoms with Gasteiger partial charge in [0.05, 0.1) is 4.92 Å². The van der Waals surface area contributed by atoms with E-state index in [1.165, 1.54) is 23.1 Å². The number of nitro benzene ring substituents is 1. The van der Waals surface area contributed by atoms with E-state index in [-0.39, 0.29) is 39.9 Å². The lowest BCUT2D eigenvalue weighted by Gasteiger charge is -2.42. The molecule has 0 spiro atoms. The molecule has 1 atom stereocenters. The summed E-state index contributed by atoms with van der Waals surface area (Å²) in [5, 5.41) is 12.5. The lowest BCUT2D eigenvalue weighted by molar-refractivity contribution is -0.384. The molecule has 6 nitrogen and oxygen atoms in total. The Labute approximate surface area is 189 Å². The topological polar surface area (TPSA) is 80.5 Å². The van der Waals surface area contributed by atoms with Crippen LogP contribution in [0.25, 0.3) is 0 Å². The van der Waals surface area contributed by atoms with Gasteiger partial charge in [-0.15, -0.1) is 0 Å². The zero-order chi connectivity index (χ0) is 22.5. The van der Waals surface area contributed by atoms with Gasteiger partial charge in [0, 0.05) is 46.1 Å². The molecule has 1 unspecified atom stereocenters. The summed E-state index contributed by atoms with van der Waals surface area (Å²) in [6.45, 7) is 3.92. The average Bonchev–Trinajstić information content (AvgIpc) is 2.67. The van der Waals surface area contributed by atoms with Crippen LogP contribution in [0, 0.1) is 15.5 Å². The molecule has 0 fully saturated rings. The van der Waals surface area contributed by atoms with Gasteiger partial charge in [0.2, 0.25) is 5.91 Å². The van der Waals surface area contributed by atoms with E-state index in [4.69, 9.17) is 23.2 Å². The summed E-state index contributed by atoms with van der Waals surface area (Å²) in [6.07, 6.45) is 0.830. The first-order valence-corrected chi connectivity index (χ1v) is 10.6. The van der Waals surface area contributed by atoms with Crippen molar-refractivity contribution in [1.82, 2.24) is 0 Å². The number of halogens is 2. The van der Waals surface area contributed by atoms with E-state index in [9.17, 15) is 19.7 Å². The predicted molar refractivity (Wildman–Crippen MR) is 119 cm³/mol. The number of carbonyl (C=O) groups is 2. The van der Waals surface area contributed by atoms with Gasteiger partial charge in [-0.1, -0.05) is 49.2 Å². The van der Waals surface area contributed by atoms with E-state index >= 15 is 0 Å². The fourth-order valence-electron chi connectivity index (χ4n) is 4.51. The Balaban J connectivity index is 1.94. The maximum Gasteiger partial charge on any atom is 0.294 e. The third-order valence-corrected chi connectivity index (χ3v) is 6.28. The molecule has 0 bridgehead atoms. The standard InChI is InChI=1S/C23H20Cl2N2O4/c1-23(2)11-19-22(20(28)12-23)16(13-3-5-14(24)6-4-13)10-21(29)26(19)17-8-7-15(25)9-18(17)27(30)31/h3-9,16H,10-12H2,1-2H3. The molecule has 1 aliphatic carbocycles. The van der Waals surface area contributed by atoms with E-state index < -0.39 is 10.8 Å². The van der Waals surface area contributed by atoms with Crippen molar-refractivity contribution in [2.45, 2.75) is 39.0 Å². The molecule has 8 heteroatoms. The highest BCUT2D eigenvalue weighted by Gasteiger charge is 2.45. The fourth-order valence-corrected chi connectivity index (χ4v) is 4.80. The molecular formula is C23H20Cl2N2O4. The molecule has 0 saturated heterocycles. The van der Waals surface area contributed by atoms with Gasteiger partial charge in [-0.05, 0) is 41.7 Å². The smallest absolute Gasteiger partial charge is 0.294 e. The molecule has 2 aromatic rings. The van der Waals surface area contributed by atoms with Crippen LogP contribution in [0.4, 0.5) is 11.4 Å². The van der Waals surface area contributed by atoms with Crippen molar-refractivity contribution in [2.24, 2.45) is 5.41 Å². The van der Waals surface area contributed by atoms with E-state index in [1.807, 2.05) is 26.0 Å². The Morgan fingerprint density at radius 3 is 2.32 bits per heavy atom. The molecule has 1 amide bonds. The van der Waals surface area contributed by atoms with Crippen molar-refractivity contribution in [2.75, 3.05) is 4.90 Å². The molecule has 4 rings (SSSR count). The fraction of sp³-hybridized carbons (Fsp3) is 0.304. The first-order valence-electron chi connectivity index (χ1n) is 9.86. The largest absolute Gasteiger partial charge is 0.294 e. The molecular weight excluding hydrogens is 439 g/mol. The number of ketones is 1. The molecule has 0 N–H and O–H groups in total. The number of rotatable bonds is 3. The zero-order valence-corrected chi connectivity index (χ0v) is 18.5. The molecule has 160 valence electrons. The van der Waals surface area contributed by atoms with Gasteiger partial charge < -0.3 is 0 Å². The van der Waals surface area contributed by atoms with Crippen LogP contribution >= 0.6 is 23.2 Å². The second-order valence-corrected chi connectivity index (χ2v) is 9.60. The number of amides is 1. The number of nitrogens with zero attached hydrogens (tertiary/aromatic N) is 2. The van der Waals surface area contributed by atoms with Crippen LogP contribution in [0.5, 0.6) is 0 Å². The first kappa shape index (κ1) is 21.5. The van der Waals surface area contributed by atoms with Crippen LogP contribution in [0.15, 0.2) is 53.7 Å². The highest BCUT2D eigenvalue weighted by molar-refractivity contribution is 6.31. The number of benzene rings is 2. The lowest BCUT2D eigenvalue weighted by atomic mass is 9.69. The van der Waals surface area contributed by atoms with Gasteiger partial charge >= 0.3 is 0 Å². The number of nitro groups is 1. The lowest BCUT2D eigenvalue weighted by Crippen LogP contribution is -2.44. The van der Waals surface area contributed by atoms with Gasteiger partial charge in [-0.2, -0.15) is 0 Å². The van der Waals surface area contributed by atoms with Crippen LogP contribution in [0.2, 0.25) is 10.0 Å². The van der Waals surface area contributed by atoms with E-state index in [2.05, 4.69) is 0 Å². The van der Waals surface area contributed by atoms with Gasteiger partial charge in [0.15, 0.2) is 5.78 Å². The van der Waals surface area contributed by atoms with Crippen molar-refractivity contribution < 1.29 is 14.5 Å². The quantitative estimate of drug-likeness (QED) is 0.413. The van der Waals surface area contributed by atoms with Gasteiger partial charge in [0.1, 0.15) is 5.69 Å². The third kappa shape index (κ3) is 3.98. The maximum atomic E-state index is 13.4. The summed E-state index contributed by atoms with van der Waals surface area (Å²) in [5.74, 6) is -0.749.